The molecule has 2 bridgehead atoms. The number of nitrogens with two attached hydrogens (primary N) is 1. The maximum absolute atomic E-state index is 14.0. The van der Waals surface area contributed by atoms with Gasteiger partial charge in [0, 0.05) is 57.0 Å². The number of aromatic hydroxyl groups is 1. The molecule has 2 unspecified atom stereocenters. The van der Waals surface area contributed by atoms with Gasteiger partial charge in [-0.3, -0.25) is 19.2 Å². The van der Waals surface area contributed by atoms with Crippen molar-refractivity contribution in [2.45, 2.75) is 129 Å². The van der Waals surface area contributed by atoms with Gasteiger partial charge < -0.3 is 41.7 Å². The topological polar surface area (TPSA) is 216 Å². The first-order valence-electron chi connectivity index (χ1n) is 23.2. The highest BCUT2D eigenvalue weighted by atomic mass is 32.1. The number of nitrogen functional groups attached to an aromatic ring is 1. The van der Waals surface area contributed by atoms with E-state index in [1.807, 2.05) is 69.6 Å². The van der Waals surface area contributed by atoms with Gasteiger partial charge in [-0.2, -0.15) is 0 Å². The summed E-state index contributed by atoms with van der Waals surface area (Å²) < 4.78 is 0. The van der Waals surface area contributed by atoms with E-state index in [-0.39, 0.29) is 61.4 Å². The fraction of sp³-hybridized carbons (Fsp3) is 0.531. The number of carbonyl (C=O) groups excluding carboxylic acids is 4. The number of phenols is 1. The van der Waals surface area contributed by atoms with Crippen LogP contribution in [0.25, 0.3) is 21.7 Å². The molecule has 2 aromatic heterocycles. The lowest BCUT2D eigenvalue weighted by molar-refractivity contribution is -0.144. The number of anilines is 2. The number of amides is 4. The van der Waals surface area contributed by atoms with Crippen LogP contribution in [0, 0.1) is 24.2 Å². The molecule has 2 aromatic carbocycles. The average Bonchev–Trinajstić information content (AvgIpc) is 3.95. The van der Waals surface area contributed by atoms with Crippen LogP contribution in [-0.2, 0) is 25.7 Å². The van der Waals surface area contributed by atoms with E-state index in [9.17, 15) is 29.4 Å². The number of aliphatic hydroxyl groups is 1. The second-order valence-electron chi connectivity index (χ2n) is 19.2. The monoisotopic (exact) mass is 907 g/mol. The molecule has 4 heterocycles. The molecule has 3 fully saturated rings. The number of benzene rings is 2. The third-order valence-electron chi connectivity index (χ3n) is 13.3. The minimum atomic E-state index is -0.867. The SMILES string of the molecule is Cc1ncsc1-c1ccc(CNC(=O)[C@@H]2C[C@@H](O)CN2C(=O)[C@@H](NC(=O)CCCCCCCCC(=O)NC2C3CCC2CN(c2cc(-c4ccccc4O)nnc2N)C3)C(C)(C)C)cc1. The smallest absolute Gasteiger partial charge is 0.246 e. The molecule has 5 atom stereocenters. The van der Waals surface area contributed by atoms with Crippen LogP contribution < -0.4 is 26.6 Å². The Morgan fingerprint density at radius 3 is 2.20 bits per heavy atom. The molecule has 0 spiro atoms. The molecule has 65 heavy (non-hydrogen) atoms. The molecule has 1 saturated carbocycles. The molecule has 7 rings (SSSR count). The zero-order valence-electron chi connectivity index (χ0n) is 38.1. The predicted octanol–water partition coefficient (Wildman–Crippen LogP) is 6.12. The van der Waals surface area contributed by atoms with Crippen molar-refractivity contribution in [1.82, 2.24) is 36.0 Å². The van der Waals surface area contributed by atoms with Crippen molar-refractivity contribution in [1.29, 1.82) is 0 Å². The van der Waals surface area contributed by atoms with Gasteiger partial charge in [0.2, 0.25) is 23.6 Å². The molecule has 7 N–H and O–H groups in total. The van der Waals surface area contributed by atoms with Crippen LogP contribution in [0.5, 0.6) is 5.75 Å². The largest absolute Gasteiger partial charge is 0.507 e. The molecule has 1 aliphatic carbocycles. The van der Waals surface area contributed by atoms with Crippen LogP contribution in [-0.4, -0.2) is 97.8 Å². The van der Waals surface area contributed by atoms with Crippen LogP contribution in [0.15, 0.2) is 60.1 Å². The quantitative estimate of drug-likeness (QED) is 0.0625. The Morgan fingerprint density at radius 2 is 1.55 bits per heavy atom. The van der Waals surface area contributed by atoms with Crippen LogP contribution in [0.2, 0.25) is 0 Å². The number of para-hydroxylation sites is 1. The summed E-state index contributed by atoms with van der Waals surface area (Å²) in [6.07, 6.45) is 7.28. The third-order valence-corrected chi connectivity index (χ3v) is 14.2. The first kappa shape index (κ1) is 47.4. The molecule has 2 aliphatic heterocycles. The Bertz CT molecular complexity index is 2280. The standard InChI is InChI=1S/C49H65N9O6S/c1-30-44(65-29-52-30)32-19-17-31(18-20-32)25-51-47(63)39-23-35(59)28-58(39)48(64)45(49(2,3)4)54-42(62)16-10-8-6-5-7-9-15-41(61)53-43-33-21-22-34(43)27-57(26-33)38-24-37(55-56-46(38)50)36-13-11-12-14-40(36)60/h11-14,17-20,24,29,33-35,39,43,45,59-60H,5-10,15-16,21-23,25-28H2,1-4H3,(H2,50,56)(H,51,63)(H,53,61)(H,54,62)/t33?,34?,35-,39+,43?,45-/m1/s1. The lowest BCUT2D eigenvalue weighted by atomic mass is 9.85. The number of nitrogens with zero attached hydrogens (tertiary/aromatic N) is 5. The zero-order valence-corrected chi connectivity index (χ0v) is 38.9. The number of hydrogen-bond acceptors (Lipinski definition) is 12. The van der Waals surface area contributed by atoms with Crippen LogP contribution >= 0.6 is 11.3 Å². The first-order valence-corrected chi connectivity index (χ1v) is 24.0. The Hall–Kier alpha value is -5.61. The number of thiazole rings is 1. The molecule has 0 radical (unpaired) electrons. The van der Waals surface area contributed by atoms with Crippen molar-refractivity contribution in [3.63, 3.8) is 0 Å². The van der Waals surface area contributed by atoms with E-state index >= 15 is 0 Å². The molecule has 348 valence electrons. The summed E-state index contributed by atoms with van der Waals surface area (Å²) in [5, 5.41) is 38.6. The number of nitrogens with one attached hydrogen (secondary N) is 3. The Balaban J connectivity index is 0.790. The Kier molecular flexibility index (Phi) is 15.4. The molecular formula is C49H65N9O6S. The van der Waals surface area contributed by atoms with Crippen LogP contribution in [0.4, 0.5) is 11.5 Å². The lowest BCUT2D eigenvalue weighted by Crippen LogP contribution is -2.57. The van der Waals surface area contributed by atoms with Gasteiger partial charge in [0.1, 0.15) is 17.8 Å². The summed E-state index contributed by atoms with van der Waals surface area (Å²) in [5.41, 5.74) is 12.4. The molecular weight excluding hydrogens is 843 g/mol. The molecule has 4 amide bonds. The number of carbonyl (C=O) groups is 4. The van der Waals surface area contributed by atoms with E-state index in [1.54, 1.807) is 29.5 Å². The van der Waals surface area contributed by atoms with Crippen molar-refractivity contribution >= 4 is 46.5 Å². The highest BCUT2D eigenvalue weighted by Crippen LogP contribution is 2.41. The number of unbranched alkanes of at least 4 members (excludes halogenated alkanes) is 5. The van der Waals surface area contributed by atoms with Crippen molar-refractivity contribution in [2.75, 3.05) is 30.3 Å². The predicted molar refractivity (Wildman–Crippen MR) is 252 cm³/mol. The number of hydrogen-bond donors (Lipinski definition) is 6. The summed E-state index contributed by atoms with van der Waals surface area (Å²) in [6, 6.07) is 15.3. The van der Waals surface area contributed by atoms with Crippen LogP contribution in [0.3, 0.4) is 0 Å². The van der Waals surface area contributed by atoms with Gasteiger partial charge in [-0.05, 0) is 79.2 Å². The molecule has 4 aromatic rings. The highest BCUT2D eigenvalue weighted by molar-refractivity contribution is 7.13. The number of phenolic OH excluding ortho intramolecular Hbond substituents is 1. The zero-order chi connectivity index (χ0) is 46.3. The fourth-order valence-corrected chi connectivity index (χ4v) is 10.5. The van der Waals surface area contributed by atoms with Crippen molar-refractivity contribution in [3.8, 4) is 27.4 Å². The van der Waals surface area contributed by atoms with Crippen molar-refractivity contribution in [2.24, 2.45) is 17.3 Å². The van der Waals surface area contributed by atoms with Gasteiger partial charge in [-0.25, -0.2) is 4.98 Å². The van der Waals surface area contributed by atoms with Gasteiger partial charge in [0.15, 0.2) is 5.82 Å². The summed E-state index contributed by atoms with van der Waals surface area (Å²) in [4.78, 5) is 62.8. The number of aliphatic hydroxyl groups excluding tert-OH is 1. The maximum atomic E-state index is 14.0. The second-order valence-corrected chi connectivity index (χ2v) is 20.0. The fourth-order valence-electron chi connectivity index (χ4n) is 9.67. The number of fused-ring (bicyclic) bond motifs is 2. The number of likely N-dealkylation sites (tertiary alicyclic amines) is 1. The first-order chi connectivity index (χ1) is 31.2. The molecule has 15 nitrogen and oxygen atoms in total. The van der Waals surface area contributed by atoms with Crippen LogP contribution in [0.1, 0.15) is 103 Å². The number of piperidine rings is 1. The number of aromatic nitrogens is 3. The highest BCUT2D eigenvalue weighted by Gasteiger charge is 2.45. The number of rotatable bonds is 18. The summed E-state index contributed by atoms with van der Waals surface area (Å²) in [5.74, 6) is 0.267. The second kappa shape index (κ2) is 21.1. The third kappa shape index (κ3) is 11.8. The molecule has 2 saturated heterocycles. The molecule has 3 aliphatic rings. The van der Waals surface area contributed by atoms with Gasteiger partial charge in [0.05, 0.1) is 33.6 Å². The normalized spacial score (nSPS) is 21.0. The van der Waals surface area contributed by atoms with E-state index < -0.39 is 23.6 Å². The van der Waals surface area contributed by atoms with E-state index in [2.05, 4.69) is 36.0 Å². The van der Waals surface area contributed by atoms with Gasteiger partial charge in [0.25, 0.3) is 0 Å². The summed E-state index contributed by atoms with van der Waals surface area (Å²) >= 11 is 1.58. The Labute approximate surface area is 386 Å². The van der Waals surface area contributed by atoms with Gasteiger partial charge in [-0.15, -0.1) is 21.5 Å². The average molecular weight is 908 g/mol. The number of aryl methyl sites for hydroxylation is 1. The van der Waals surface area contributed by atoms with Gasteiger partial charge >= 0.3 is 0 Å². The van der Waals surface area contributed by atoms with E-state index in [1.165, 1.54) is 4.90 Å². The minimum Gasteiger partial charge on any atom is -0.507 e. The maximum Gasteiger partial charge on any atom is 0.246 e. The summed E-state index contributed by atoms with van der Waals surface area (Å²) in [6.45, 7) is 9.45. The number of β-amino-alcohol motifs (C(OH)–C–C–N with tert-alkyl or cyclic N) is 1. The minimum absolute atomic E-state index is 0.0235. The van der Waals surface area contributed by atoms with Crippen molar-refractivity contribution in [3.05, 3.63) is 71.4 Å². The van der Waals surface area contributed by atoms with Gasteiger partial charge in [-0.1, -0.05) is 82.9 Å². The van der Waals surface area contributed by atoms with Crippen molar-refractivity contribution < 1.29 is 29.4 Å². The van der Waals surface area contributed by atoms with E-state index in [4.69, 9.17) is 5.73 Å². The summed E-state index contributed by atoms with van der Waals surface area (Å²) in [7, 11) is 0. The van der Waals surface area contributed by atoms with E-state index in [0.717, 1.165) is 85.4 Å². The Morgan fingerprint density at radius 1 is 0.892 bits per heavy atom. The molecule has 16 heteroatoms. The lowest BCUT2D eigenvalue weighted by Gasteiger charge is -2.39. The van der Waals surface area contributed by atoms with E-state index in [0.29, 0.717) is 41.8 Å².